The van der Waals surface area contributed by atoms with Gasteiger partial charge in [-0.15, -0.1) is 0 Å². The van der Waals surface area contributed by atoms with Crippen LogP contribution in [0.15, 0.2) is 49.3 Å². The zero-order chi connectivity index (χ0) is 14.5. The van der Waals surface area contributed by atoms with E-state index in [2.05, 4.69) is 30.9 Å². The van der Waals surface area contributed by atoms with Crippen LogP contribution >= 0.6 is 0 Å². The minimum absolute atomic E-state index is 0.745. The Hall–Kier alpha value is -2.47. The fourth-order valence-corrected chi connectivity index (χ4v) is 2.26. The highest BCUT2D eigenvalue weighted by molar-refractivity contribution is 5.08. The molecule has 0 aromatic carbocycles. The fourth-order valence-electron chi connectivity index (χ4n) is 2.26. The topological polar surface area (TPSA) is 62.6 Å². The third-order valence-electron chi connectivity index (χ3n) is 3.34. The Labute approximate surface area is 123 Å². The van der Waals surface area contributed by atoms with E-state index in [0.717, 1.165) is 31.3 Å². The molecule has 3 rings (SSSR count). The molecule has 0 spiro atoms. The Morgan fingerprint density at radius 1 is 1.14 bits per heavy atom. The van der Waals surface area contributed by atoms with Crippen molar-refractivity contribution in [3.63, 3.8) is 0 Å². The maximum Gasteiger partial charge on any atom is 0.122 e. The lowest BCUT2D eigenvalue weighted by molar-refractivity contribution is 0.233. The molecule has 0 amide bonds. The molecule has 1 N–H and O–H groups in total. The highest BCUT2D eigenvalue weighted by Crippen LogP contribution is 2.10. The number of H-pyrrole nitrogens is 1. The first-order chi connectivity index (χ1) is 10.3. The first-order valence-electron chi connectivity index (χ1n) is 6.87. The van der Waals surface area contributed by atoms with Crippen molar-refractivity contribution in [2.75, 3.05) is 0 Å². The summed E-state index contributed by atoms with van der Waals surface area (Å²) in [6.07, 6.45) is 11.1. The van der Waals surface area contributed by atoms with Crippen LogP contribution in [0.5, 0.6) is 0 Å². The van der Waals surface area contributed by atoms with Crippen LogP contribution in [0.1, 0.15) is 17.2 Å². The molecule has 21 heavy (non-hydrogen) atoms. The minimum Gasteiger partial charge on any atom is -0.348 e. The molecule has 0 fully saturated rings. The van der Waals surface area contributed by atoms with Gasteiger partial charge >= 0.3 is 0 Å². The monoisotopic (exact) mass is 282 g/mol. The number of aromatic amines is 1. The van der Waals surface area contributed by atoms with E-state index in [4.69, 9.17) is 0 Å². The Balaban J connectivity index is 1.75. The summed E-state index contributed by atoms with van der Waals surface area (Å²) in [6.45, 7) is 2.31. The zero-order valence-corrected chi connectivity index (χ0v) is 12.0. The van der Waals surface area contributed by atoms with Gasteiger partial charge in [0.2, 0.25) is 0 Å². The average molecular weight is 282 g/mol. The second kappa shape index (κ2) is 6.32. The SMILES string of the molecule is Cn1ccnc1CN(Cc1cccnc1)Cc1ncc[nH]1. The van der Waals surface area contributed by atoms with Crippen molar-refractivity contribution < 1.29 is 0 Å². The molecular formula is C15H18N6. The van der Waals surface area contributed by atoms with Crippen LogP contribution < -0.4 is 0 Å². The lowest BCUT2D eigenvalue weighted by Crippen LogP contribution is -2.24. The molecule has 0 bridgehead atoms. The third kappa shape index (κ3) is 3.55. The van der Waals surface area contributed by atoms with Crippen LogP contribution in [-0.4, -0.2) is 29.4 Å². The number of nitrogens with zero attached hydrogens (tertiary/aromatic N) is 5. The summed E-state index contributed by atoms with van der Waals surface area (Å²) in [4.78, 5) is 18.3. The van der Waals surface area contributed by atoms with E-state index in [1.807, 2.05) is 42.5 Å². The molecule has 0 aliphatic heterocycles. The van der Waals surface area contributed by atoms with Gasteiger partial charge in [-0.2, -0.15) is 0 Å². The summed E-state index contributed by atoms with van der Waals surface area (Å²) in [5.74, 6) is 1.98. The average Bonchev–Trinajstić information content (AvgIpc) is 3.13. The van der Waals surface area contributed by atoms with E-state index in [-0.39, 0.29) is 0 Å². The lowest BCUT2D eigenvalue weighted by Gasteiger charge is -2.21. The molecule has 0 unspecified atom stereocenters. The van der Waals surface area contributed by atoms with E-state index in [1.54, 1.807) is 12.4 Å². The summed E-state index contributed by atoms with van der Waals surface area (Å²) in [5.41, 5.74) is 1.18. The molecule has 0 atom stereocenters. The number of pyridine rings is 1. The molecule has 0 aliphatic carbocycles. The number of hydrogen-bond donors (Lipinski definition) is 1. The first-order valence-corrected chi connectivity index (χ1v) is 6.87. The number of aromatic nitrogens is 5. The first kappa shape index (κ1) is 13.5. The van der Waals surface area contributed by atoms with Crippen LogP contribution in [0.25, 0.3) is 0 Å². The molecule has 6 heteroatoms. The largest absolute Gasteiger partial charge is 0.348 e. The fraction of sp³-hybridized carbons (Fsp3) is 0.267. The van der Waals surface area contributed by atoms with Crippen molar-refractivity contribution in [3.05, 3.63) is 66.5 Å². The van der Waals surface area contributed by atoms with E-state index in [9.17, 15) is 0 Å². The molecule has 0 saturated heterocycles. The number of aryl methyl sites for hydroxylation is 1. The molecule has 108 valence electrons. The maximum absolute atomic E-state index is 4.40. The Bertz CT molecular complexity index is 659. The smallest absolute Gasteiger partial charge is 0.122 e. The lowest BCUT2D eigenvalue weighted by atomic mass is 10.2. The molecule has 3 heterocycles. The van der Waals surface area contributed by atoms with Gasteiger partial charge in [0.05, 0.1) is 13.1 Å². The molecule has 0 aliphatic rings. The van der Waals surface area contributed by atoms with E-state index >= 15 is 0 Å². The van der Waals surface area contributed by atoms with Gasteiger partial charge < -0.3 is 9.55 Å². The number of hydrogen-bond acceptors (Lipinski definition) is 4. The molecule has 0 saturated carbocycles. The molecule has 0 radical (unpaired) electrons. The van der Waals surface area contributed by atoms with Crippen LogP contribution in [0.2, 0.25) is 0 Å². The highest BCUT2D eigenvalue weighted by Gasteiger charge is 2.12. The van der Waals surface area contributed by atoms with Gasteiger partial charge in [0, 0.05) is 50.8 Å². The second-order valence-corrected chi connectivity index (χ2v) is 5.00. The van der Waals surface area contributed by atoms with Crippen LogP contribution in [0, 0.1) is 0 Å². The van der Waals surface area contributed by atoms with Gasteiger partial charge in [-0.25, -0.2) is 9.97 Å². The number of rotatable bonds is 6. The Kier molecular flexibility index (Phi) is 4.07. The summed E-state index contributed by atoms with van der Waals surface area (Å²) in [5, 5.41) is 0. The van der Waals surface area contributed by atoms with Gasteiger partial charge in [0.25, 0.3) is 0 Å². The normalized spacial score (nSPS) is 11.1. The van der Waals surface area contributed by atoms with E-state index < -0.39 is 0 Å². The molecular weight excluding hydrogens is 264 g/mol. The maximum atomic E-state index is 4.40. The quantitative estimate of drug-likeness (QED) is 0.748. The van der Waals surface area contributed by atoms with Crippen LogP contribution in [0.4, 0.5) is 0 Å². The van der Waals surface area contributed by atoms with Crippen molar-refractivity contribution in [2.24, 2.45) is 7.05 Å². The third-order valence-corrected chi connectivity index (χ3v) is 3.34. The standard InChI is InChI=1S/C15H18N6/c1-20-8-7-19-15(20)12-21(11-14-17-5-6-18-14)10-13-3-2-4-16-9-13/h2-9H,10-12H2,1H3,(H,17,18). The Morgan fingerprint density at radius 2 is 2.10 bits per heavy atom. The van der Waals surface area contributed by atoms with Crippen molar-refractivity contribution in [1.82, 2.24) is 29.4 Å². The van der Waals surface area contributed by atoms with Gasteiger partial charge in [-0.3, -0.25) is 9.88 Å². The van der Waals surface area contributed by atoms with Gasteiger partial charge in [0.15, 0.2) is 0 Å². The van der Waals surface area contributed by atoms with E-state index in [1.165, 1.54) is 5.56 Å². The van der Waals surface area contributed by atoms with Crippen molar-refractivity contribution >= 4 is 0 Å². The predicted octanol–water partition coefficient (Wildman–Crippen LogP) is 1.74. The molecule has 3 aromatic heterocycles. The van der Waals surface area contributed by atoms with Crippen LogP contribution in [-0.2, 0) is 26.7 Å². The van der Waals surface area contributed by atoms with Crippen molar-refractivity contribution in [1.29, 1.82) is 0 Å². The van der Waals surface area contributed by atoms with Crippen LogP contribution in [0.3, 0.4) is 0 Å². The van der Waals surface area contributed by atoms with Gasteiger partial charge in [-0.1, -0.05) is 6.07 Å². The van der Waals surface area contributed by atoms with Crippen molar-refractivity contribution in [3.8, 4) is 0 Å². The zero-order valence-electron chi connectivity index (χ0n) is 12.0. The summed E-state index contributed by atoms with van der Waals surface area (Å²) < 4.78 is 2.04. The van der Waals surface area contributed by atoms with Crippen molar-refractivity contribution in [2.45, 2.75) is 19.6 Å². The van der Waals surface area contributed by atoms with Gasteiger partial charge in [0.1, 0.15) is 11.6 Å². The summed E-state index contributed by atoms with van der Waals surface area (Å²) in [7, 11) is 2.01. The number of nitrogens with one attached hydrogen (secondary N) is 1. The number of imidazole rings is 2. The predicted molar refractivity (Wildman–Crippen MR) is 79.0 cm³/mol. The molecule has 3 aromatic rings. The highest BCUT2D eigenvalue weighted by atomic mass is 15.2. The summed E-state index contributed by atoms with van der Waals surface area (Å²) in [6, 6.07) is 4.04. The van der Waals surface area contributed by atoms with E-state index in [0.29, 0.717) is 0 Å². The molecule has 6 nitrogen and oxygen atoms in total. The Morgan fingerprint density at radius 3 is 2.76 bits per heavy atom. The second-order valence-electron chi connectivity index (χ2n) is 5.00. The summed E-state index contributed by atoms with van der Waals surface area (Å²) >= 11 is 0. The minimum atomic E-state index is 0.745. The van der Waals surface area contributed by atoms with Gasteiger partial charge in [-0.05, 0) is 11.6 Å².